The number of benzene rings is 4. The van der Waals surface area contributed by atoms with Crippen LogP contribution in [0.25, 0.3) is 33.4 Å². The minimum absolute atomic E-state index is 1.25. The van der Waals surface area contributed by atoms with Crippen molar-refractivity contribution in [1.82, 2.24) is 0 Å². The summed E-state index contributed by atoms with van der Waals surface area (Å²) in [5, 5.41) is 0. The molecule has 25 heavy (non-hydrogen) atoms. The fraction of sp³-hybridized carbons (Fsp3) is 0.0400. The van der Waals surface area contributed by atoms with E-state index in [0.717, 1.165) is 0 Å². The van der Waals surface area contributed by atoms with Crippen LogP contribution in [-0.4, -0.2) is 0 Å². The first-order valence-electron chi connectivity index (χ1n) is 8.63. The van der Waals surface area contributed by atoms with Gasteiger partial charge in [-0.1, -0.05) is 109 Å². The van der Waals surface area contributed by atoms with Crippen LogP contribution in [0.3, 0.4) is 0 Å². The zero-order valence-electron chi connectivity index (χ0n) is 14.3. The van der Waals surface area contributed by atoms with Gasteiger partial charge in [0, 0.05) is 0 Å². The maximum Gasteiger partial charge on any atom is -0.0105 e. The first kappa shape index (κ1) is 15.4. The average molecular weight is 320 g/mol. The van der Waals surface area contributed by atoms with Crippen LogP contribution in [0.15, 0.2) is 103 Å². The summed E-state index contributed by atoms with van der Waals surface area (Å²) in [4.78, 5) is 0. The predicted molar refractivity (Wildman–Crippen MR) is 107 cm³/mol. The summed E-state index contributed by atoms with van der Waals surface area (Å²) in [5.74, 6) is 0. The number of hydrogen-bond donors (Lipinski definition) is 0. The van der Waals surface area contributed by atoms with Crippen molar-refractivity contribution in [3.63, 3.8) is 0 Å². The van der Waals surface area contributed by atoms with Gasteiger partial charge in [-0.3, -0.25) is 0 Å². The molecule has 0 heteroatoms. The fourth-order valence-electron chi connectivity index (χ4n) is 3.27. The molecule has 0 saturated carbocycles. The third-order valence-electron chi connectivity index (χ3n) is 4.56. The van der Waals surface area contributed by atoms with Crippen molar-refractivity contribution < 1.29 is 0 Å². The molecule has 120 valence electrons. The van der Waals surface area contributed by atoms with Crippen LogP contribution in [0.1, 0.15) is 5.56 Å². The Morgan fingerprint density at radius 2 is 0.920 bits per heavy atom. The monoisotopic (exact) mass is 320 g/mol. The van der Waals surface area contributed by atoms with Gasteiger partial charge in [-0.25, -0.2) is 0 Å². The Kier molecular flexibility index (Phi) is 4.18. The summed E-state index contributed by atoms with van der Waals surface area (Å²) in [6, 6.07) is 36.7. The van der Waals surface area contributed by atoms with Crippen molar-refractivity contribution in [1.29, 1.82) is 0 Å². The first-order chi connectivity index (χ1) is 12.3. The molecule has 0 nitrogen and oxygen atoms in total. The van der Waals surface area contributed by atoms with Gasteiger partial charge >= 0.3 is 0 Å². The Morgan fingerprint density at radius 3 is 1.56 bits per heavy atom. The Labute approximate surface area is 149 Å². The lowest BCUT2D eigenvalue weighted by Crippen LogP contribution is -1.85. The van der Waals surface area contributed by atoms with Gasteiger partial charge in [0.05, 0.1) is 0 Å². The Balaban J connectivity index is 1.74. The standard InChI is InChI=1S/C25H20/c1-19-8-7-11-23(18-19)20-14-16-22(17-15-20)25-13-6-5-12-24(25)21-9-3-2-4-10-21/h2-18H,1H3. The summed E-state index contributed by atoms with van der Waals surface area (Å²) in [6.07, 6.45) is 0. The van der Waals surface area contributed by atoms with Crippen LogP contribution in [0.4, 0.5) is 0 Å². The van der Waals surface area contributed by atoms with Gasteiger partial charge in [0.15, 0.2) is 0 Å². The lowest BCUT2D eigenvalue weighted by atomic mass is 9.93. The number of aryl methyl sites for hydroxylation is 1. The maximum atomic E-state index is 2.23. The van der Waals surface area contributed by atoms with Crippen molar-refractivity contribution in [2.45, 2.75) is 6.92 Å². The molecule has 0 heterocycles. The van der Waals surface area contributed by atoms with E-state index in [1.807, 2.05) is 0 Å². The van der Waals surface area contributed by atoms with E-state index in [2.05, 4.69) is 110 Å². The minimum atomic E-state index is 1.25. The van der Waals surface area contributed by atoms with E-state index in [1.54, 1.807) is 0 Å². The predicted octanol–water partition coefficient (Wildman–Crippen LogP) is 7.00. The Hall–Kier alpha value is -3.12. The van der Waals surface area contributed by atoms with Gasteiger partial charge in [0.1, 0.15) is 0 Å². The van der Waals surface area contributed by atoms with Crippen LogP contribution >= 0.6 is 0 Å². The van der Waals surface area contributed by atoms with Crippen molar-refractivity contribution in [2.75, 3.05) is 0 Å². The van der Waals surface area contributed by atoms with E-state index in [9.17, 15) is 0 Å². The van der Waals surface area contributed by atoms with E-state index < -0.39 is 0 Å². The normalized spacial score (nSPS) is 10.6. The highest BCUT2D eigenvalue weighted by Gasteiger charge is 2.07. The highest BCUT2D eigenvalue weighted by atomic mass is 14.1. The van der Waals surface area contributed by atoms with Gasteiger partial charge in [-0.05, 0) is 40.3 Å². The summed E-state index contributed by atoms with van der Waals surface area (Å²) >= 11 is 0. The molecule has 4 rings (SSSR count). The summed E-state index contributed by atoms with van der Waals surface area (Å²) in [5.41, 5.74) is 8.84. The van der Waals surface area contributed by atoms with Crippen molar-refractivity contribution >= 4 is 0 Å². The molecular weight excluding hydrogens is 300 g/mol. The molecular formula is C25H20. The molecule has 0 unspecified atom stereocenters. The van der Waals surface area contributed by atoms with Gasteiger partial charge in [0.2, 0.25) is 0 Å². The second-order valence-corrected chi connectivity index (χ2v) is 6.36. The van der Waals surface area contributed by atoms with E-state index in [4.69, 9.17) is 0 Å². The molecule has 0 amide bonds. The minimum Gasteiger partial charge on any atom is -0.0622 e. The SMILES string of the molecule is Cc1cccc(-c2ccc(-c3ccccc3-c3ccccc3)cc2)c1. The lowest BCUT2D eigenvalue weighted by Gasteiger charge is -2.11. The summed E-state index contributed by atoms with van der Waals surface area (Å²) < 4.78 is 0. The average Bonchev–Trinajstić information content (AvgIpc) is 2.69. The second kappa shape index (κ2) is 6.78. The molecule has 0 fully saturated rings. The molecule has 0 radical (unpaired) electrons. The van der Waals surface area contributed by atoms with Gasteiger partial charge in [-0.2, -0.15) is 0 Å². The van der Waals surface area contributed by atoms with Gasteiger partial charge in [-0.15, -0.1) is 0 Å². The molecule has 0 aromatic heterocycles. The molecule has 0 atom stereocenters. The van der Waals surface area contributed by atoms with Crippen LogP contribution in [0, 0.1) is 6.92 Å². The van der Waals surface area contributed by atoms with Gasteiger partial charge in [0.25, 0.3) is 0 Å². The van der Waals surface area contributed by atoms with Crippen LogP contribution in [-0.2, 0) is 0 Å². The molecule has 4 aromatic rings. The number of hydrogen-bond acceptors (Lipinski definition) is 0. The van der Waals surface area contributed by atoms with E-state index in [1.165, 1.54) is 38.9 Å². The van der Waals surface area contributed by atoms with Crippen molar-refractivity contribution in [3.05, 3.63) is 109 Å². The molecule has 0 aliphatic rings. The molecule has 4 aromatic carbocycles. The Bertz CT molecular complexity index is 980. The molecule has 0 N–H and O–H groups in total. The molecule has 0 saturated heterocycles. The summed E-state index contributed by atoms with van der Waals surface area (Å²) in [7, 11) is 0. The highest BCUT2D eigenvalue weighted by Crippen LogP contribution is 2.33. The van der Waals surface area contributed by atoms with Gasteiger partial charge < -0.3 is 0 Å². The molecule has 0 spiro atoms. The number of rotatable bonds is 3. The first-order valence-corrected chi connectivity index (χ1v) is 8.63. The smallest absolute Gasteiger partial charge is 0.0105 e. The Morgan fingerprint density at radius 1 is 0.400 bits per heavy atom. The molecule has 0 aliphatic heterocycles. The third kappa shape index (κ3) is 3.25. The van der Waals surface area contributed by atoms with Crippen molar-refractivity contribution in [2.24, 2.45) is 0 Å². The van der Waals surface area contributed by atoms with Crippen LogP contribution < -0.4 is 0 Å². The van der Waals surface area contributed by atoms with Crippen LogP contribution in [0.5, 0.6) is 0 Å². The van der Waals surface area contributed by atoms with E-state index in [-0.39, 0.29) is 0 Å². The van der Waals surface area contributed by atoms with E-state index in [0.29, 0.717) is 0 Å². The topological polar surface area (TPSA) is 0 Å². The van der Waals surface area contributed by atoms with Crippen molar-refractivity contribution in [3.8, 4) is 33.4 Å². The molecule has 0 bridgehead atoms. The zero-order valence-corrected chi connectivity index (χ0v) is 14.3. The second-order valence-electron chi connectivity index (χ2n) is 6.36. The third-order valence-corrected chi connectivity index (χ3v) is 4.56. The highest BCUT2D eigenvalue weighted by molar-refractivity contribution is 5.84. The summed E-state index contributed by atoms with van der Waals surface area (Å²) in [6.45, 7) is 2.13. The largest absolute Gasteiger partial charge is 0.0622 e. The fourth-order valence-corrected chi connectivity index (χ4v) is 3.27. The zero-order chi connectivity index (χ0) is 17.1. The molecule has 0 aliphatic carbocycles. The van der Waals surface area contributed by atoms with E-state index >= 15 is 0 Å². The quantitative estimate of drug-likeness (QED) is 0.381. The maximum absolute atomic E-state index is 2.23. The van der Waals surface area contributed by atoms with Crippen LogP contribution in [0.2, 0.25) is 0 Å². The lowest BCUT2D eigenvalue weighted by molar-refractivity contribution is 1.47.